The van der Waals surface area contributed by atoms with Crippen molar-refractivity contribution < 1.29 is 13.9 Å². The summed E-state index contributed by atoms with van der Waals surface area (Å²) in [5.41, 5.74) is 6.47. The normalized spacial score (nSPS) is 15.3. The van der Waals surface area contributed by atoms with Crippen LogP contribution in [0, 0.1) is 0 Å². The molecule has 4 heteroatoms. The lowest BCUT2D eigenvalue weighted by molar-refractivity contribution is -0.118. The quantitative estimate of drug-likeness (QED) is 0.943. The number of ether oxygens (including phenoxy) is 1. The largest absolute Gasteiger partial charge is 0.493 e. The highest BCUT2D eigenvalue weighted by molar-refractivity contribution is 5.97. The van der Waals surface area contributed by atoms with Gasteiger partial charge in [0.1, 0.15) is 11.5 Å². The van der Waals surface area contributed by atoms with E-state index in [0.717, 1.165) is 37.4 Å². The highest BCUT2D eigenvalue weighted by Gasteiger charge is 2.29. The average Bonchev–Trinajstić information content (AvgIpc) is 3.25. The van der Waals surface area contributed by atoms with Gasteiger partial charge in [-0.15, -0.1) is 0 Å². The summed E-state index contributed by atoms with van der Waals surface area (Å²) in [4.78, 5) is 11.2. The minimum absolute atomic E-state index is 0.00462. The molecule has 1 aliphatic heterocycles. The monoisotopic (exact) mass is 309 g/mol. The third-order valence-corrected chi connectivity index (χ3v) is 4.57. The topological polar surface area (TPSA) is 51.5 Å². The van der Waals surface area contributed by atoms with E-state index >= 15 is 0 Å². The van der Waals surface area contributed by atoms with E-state index in [-0.39, 0.29) is 5.91 Å². The Morgan fingerprint density at radius 3 is 3.00 bits per heavy atom. The molecular weight excluding hydrogens is 290 g/mol. The minimum Gasteiger partial charge on any atom is -0.493 e. The van der Waals surface area contributed by atoms with Crippen LogP contribution in [0.4, 0.5) is 0 Å². The van der Waals surface area contributed by atoms with E-state index in [4.69, 9.17) is 9.15 Å². The first-order valence-electron chi connectivity index (χ1n) is 8.02. The Morgan fingerprint density at radius 2 is 2.22 bits per heavy atom. The van der Waals surface area contributed by atoms with Crippen LogP contribution in [0.3, 0.4) is 0 Å². The Bertz CT molecular complexity index is 787. The summed E-state index contributed by atoms with van der Waals surface area (Å²) >= 11 is 0. The lowest BCUT2D eigenvalue weighted by Gasteiger charge is -2.11. The van der Waals surface area contributed by atoms with Gasteiger partial charge in [0.2, 0.25) is 5.91 Å². The van der Waals surface area contributed by atoms with Gasteiger partial charge in [0.15, 0.2) is 0 Å². The third-order valence-electron chi connectivity index (χ3n) is 4.57. The third kappa shape index (κ3) is 2.44. The SMILES string of the molecule is CC(=O)NCCC1=C(c2ccco2)Cc2ccc3c(c21)CCO3. The molecule has 0 fully saturated rings. The van der Waals surface area contributed by atoms with Crippen LogP contribution in [-0.2, 0) is 17.6 Å². The summed E-state index contributed by atoms with van der Waals surface area (Å²) in [6, 6.07) is 8.17. The van der Waals surface area contributed by atoms with E-state index in [9.17, 15) is 4.79 Å². The van der Waals surface area contributed by atoms with E-state index in [1.165, 1.54) is 27.8 Å². The van der Waals surface area contributed by atoms with Crippen molar-refractivity contribution in [2.24, 2.45) is 0 Å². The molecule has 2 aromatic rings. The number of benzene rings is 1. The summed E-state index contributed by atoms with van der Waals surface area (Å²) in [5, 5.41) is 2.90. The van der Waals surface area contributed by atoms with Crippen molar-refractivity contribution in [3.8, 4) is 5.75 Å². The van der Waals surface area contributed by atoms with Gasteiger partial charge in [-0.3, -0.25) is 4.79 Å². The van der Waals surface area contributed by atoms with E-state index in [2.05, 4.69) is 17.4 Å². The van der Waals surface area contributed by atoms with E-state index < -0.39 is 0 Å². The second-order valence-corrected chi connectivity index (χ2v) is 6.02. The number of rotatable bonds is 4. The molecule has 1 N–H and O–H groups in total. The van der Waals surface area contributed by atoms with Crippen molar-refractivity contribution >= 4 is 17.1 Å². The van der Waals surface area contributed by atoms with Crippen LogP contribution in [0.2, 0.25) is 0 Å². The van der Waals surface area contributed by atoms with Gasteiger partial charge in [-0.05, 0) is 41.3 Å². The van der Waals surface area contributed by atoms with Crippen LogP contribution < -0.4 is 10.1 Å². The first kappa shape index (κ1) is 14.1. The molecule has 0 bridgehead atoms. The summed E-state index contributed by atoms with van der Waals surface area (Å²) in [5.74, 6) is 1.93. The molecule has 0 saturated heterocycles. The Hall–Kier alpha value is -2.49. The Labute approximate surface area is 135 Å². The fourth-order valence-corrected chi connectivity index (χ4v) is 3.62. The summed E-state index contributed by atoms with van der Waals surface area (Å²) < 4.78 is 11.4. The Kier molecular flexibility index (Phi) is 3.45. The molecule has 118 valence electrons. The van der Waals surface area contributed by atoms with Crippen molar-refractivity contribution in [1.29, 1.82) is 0 Å². The van der Waals surface area contributed by atoms with E-state index in [1.807, 2.05) is 12.1 Å². The smallest absolute Gasteiger partial charge is 0.216 e. The molecule has 0 saturated carbocycles. The maximum Gasteiger partial charge on any atom is 0.216 e. The maximum absolute atomic E-state index is 11.2. The molecule has 4 rings (SSSR count). The second-order valence-electron chi connectivity index (χ2n) is 6.02. The zero-order valence-corrected chi connectivity index (χ0v) is 13.1. The van der Waals surface area contributed by atoms with Crippen molar-refractivity contribution in [2.45, 2.75) is 26.2 Å². The summed E-state index contributed by atoms with van der Waals surface area (Å²) in [6.45, 7) is 2.94. The van der Waals surface area contributed by atoms with Gasteiger partial charge in [0.05, 0.1) is 12.9 Å². The Morgan fingerprint density at radius 1 is 1.30 bits per heavy atom. The van der Waals surface area contributed by atoms with Crippen molar-refractivity contribution in [1.82, 2.24) is 5.32 Å². The number of carbonyl (C=O) groups excluding carboxylic acids is 1. The van der Waals surface area contributed by atoms with Gasteiger partial charge in [0, 0.05) is 37.4 Å². The molecule has 23 heavy (non-hydrogen) atoms. The van der Waals surface area contributed by atoms with E-state index in [0.29, 0.717) is 6.54 Å². The molecule has 2 heterocycles. The predicted molar refractivity (Wildman–Crippen MR) is 88.2 cm³/mol. The minimum atomic E-state index is 0.00462. The van der Waals surface area contributed by atoms with Crippen LogP contribution in [-0.4, -0.2) is 19.1 Å². The van der Waals surface area contributed by atoms with Crippen LogP contribution in [0.25, 0.3) is 11.1 Å². The fraction of sp³-hybridized carbons (Fsp3) is 0.316. The number of furan rings is 1. The lowest BCUT2D eigenvalue weighted by atomic mass is 9.95. The first-order valence-corrected chi connectivity index (χ1v) is 8.02. The van der Waals surface area contributed by atoms with Crippen LogP contribution in [0.5, 0.6) is 5.75 Å². The number of hydrogen-bond acceptors (Lipinski definition) is 3. The first-order chi connectivity index (χ1) is 11.2. The van der Waals surface area contributed by atoms with Gasteiger partial charge in [-0.1, -0.05) is 6.07 Å². The van der Waals surface area contributed by atoms with E-state index in [1.54, 1.807) is 13.2 Å². The van der Waals surface area contributed by atoms with Gasteiger partial charge < -0.3 is 14.5 Å². The summed E-state index contributed by atoms with van der Waals surface area (Å²) in [7, 11) is 0. The molecule has 4 nitrogen and oxygen atoms in total. The number of nitrogens with one attached hydrogen (secondary N) is 1. The number of allylic oxidation sites excluding steroid dienone is 1. The Balaban J connectivity index is 1.77. The van der Waals surface area contributed by atoms with Crippen LogP contribution in [0.1, 0.15) is 35.8 Å². The zero-order chi connectivity index (χ0) is 15.8. The zero-order valence-electron chi connectivity index (χ0n) is 13.1. The van der Waals surface area contributed by atoms with Crippen molar-refractivity contribution in [3.63, 3.8) is 0 Å². The average molecular weight is 309 g/mol. The predicted octanol–water partition coefficient (Wildman–Crippen LogP) is 3.21. The molecular formula is C19H19NO3. The van der Waals surface area contributed by atoms with Gasteiger partial charge in [-0.25, -0.2) is 0 Å². The molecule has 0 atom stereocenters. The lowest BCUT2D eigenvalue weighted by Crippen LogP contribution is -2.21. The number of amides is 1. The fourth-order valence-electron chi connectivity index (χ4n) is 3.62. The van der Waals surface area contributed by atoms with Gasteiger partial charge in [0.25, 0.3) is 0 Å². The number of fused-ring (bicyclic) bond motifs is 3. The second kappa shape index (κ2) is 5.61. The number of carbonyl (C=O) groups is 1. The summed E-state index contributed by atoms with van der Waals surface area (Å²) in [6.07, 6.45) is 4.35. The number of hydrogen-bond donors (Lipinski definition) is 1. The molecule has 0 spiro atoms. The molecule has 1 aromatic heterocycles. The molecule has 1 aliphatic carbocycles. The molecule has 0 unspecified atom stereocenters. The highest BCUT2D eigenvalue weighted by atomic mass is 16.5. The maximum atomic E-state index is 11.2. The molecule has 2 aliphatic rings. The van der Waals surface area contributed by atoms with Crippen LogP contribution >= 0.6 is 0 Å². The van der Waals surface area contributed by atoms with Gasteiger partial charge in [-0.2, -0.15) is 0 Å². The molecule has 1 aromatic carbocycles. The molecule has 0 radical (unpaired) electrons. The van der Waals surface area contributed by atoms with Crippen molar-refractivity contribution in [2.75, 3.05) is 13.2 Å². The highest BCUT2D eigenvalue weighted by Crippen LogP contribution is 2.45. The van der Waals surface area contributed by atoms with Gasteiger partial charge >= 0.3 is 0 Å². The van der Waals surface area contributed by atoms with Crippen molar-refractivity contribution in [3.05, 3.63) is 53.0 Å². The standard InChI is InChI=1S/C19H19NO3/c1-12(21)20-8-6-14-16(17-3-2-9-22-17)11-13-4-5-18-15(19(13)14)7-10-23-18/h2-5,9H,6-8,10-11H2,1H3,(H,20,21). The molecule has 1 amide bonds. The van der Waals surface area contributed by atoms with Crippen LogP contribution in [0.15, 0.2) is 34.9 Å².